The van der Waals surface area contributed by atoms with E-state index in [4.69, 9.17) is 11.6 Å². The van der Waals surface area contributed by atoms with Crippen molar-refractivity contribution in [2.45, 2.75) is 51.7 Å². The van der Waals surface area contributed by atoms with Gasteiger partial charge in [-0.15, -0.1) is 0 Å². The Balaban J connectivity index is 2.93. The highest BCUT2D eigenvalue weighted by atomic mass is 35.5. The summed E-state index contributed by atoms with van der Waals surface area (Å²) in [6, 6.07) is 7.94. The largest absolute Gasteiger partial charge is 0.616 e. The van der Waals surface area contributed by atoms with E-state index in [-0.39, 0.29) is 10.7 Å². The minimum Gasteiger partial charge on any atom is -0.616 e. The van der Waals surface area contributed by atoms with E-state index >= 15 is 0 Å². The summed E-state index contributed by atoms with van der Waals surface area (Å²) in [4.78, 5) is 0. The summed E-state index contributed by atoms with van der Waals surface area (Å²) in [6.45, 7) is 10.5. The molecule has 19 heavy (non-hydrogen) atoms. The maximum absolute atomic E-state index is 12.4. The summed E-state index contributed by atoms with van der Waals surface area (Å²) in [5, 5.41) is 0.791. The topological polar surface area (TPSA) is 23.1 Å². The molecule has 0 saturated heterocycles. The Morgan fingerprint density at radius 2 is 1.79 bits per heavy atom. The van der Waals surface area contributed by atoms with Gasteiger partial charge in [-0.3, -0.25) is 0 Å². The van der Waals surface area contributed by atoms with Gasteiger partial charge in [0.1, 0.15) is 10.5 Å². The van der Waals surface area contributed by atoms with E-state index in [0.717, 1.165) is 17.0 Å². The Hall–Kier alpha value is -0.180. The molecule has 1 nitrogen and oxygen atoms in total. The first-order valence-corrected chi connectivity index (χ1v) is 8.54. The van der Waals surface area contributed by atoms with E-state index in [0.29, 0.717) is 11.7 Å². The smallest absolute Gasteiger partial charge is 0.117 e. The number of hydrogen-bond donors (Lipinski definition) is 0. The molecule has 0 aliphatic carbocycles. The molecule has 0 radical (unpaired) electrons. The van der Waals surface area contributed by atoms with Gasteiger partial charge in [0.2, 0.25) is 0 Å². The Labute approximate surface area is 125 Å². The van der Waals surface area contributed by atoms with Crippen molar-refractivity contribution in [3.63, 3.8) is 0 Å². The van der Waals surface area contributed by atoms with Gasteiger partial charge >= 0.3 is 0 Å². The average Bonchev–Trinajstić information content (AvgIpc) is 2.26. The molecule has 1 aromatic rings. The van der Waals surface area contributed by atoms with E-state index in [9.17, 15) is 4.55 Å². The van der Waals surface area contributed by atoms with Gasteiger partial charge in [0.15, 0.2) is 0 Å². The Kier molecular flexibility index (Phi) is 6.22. The molecule has 3 heteroatoms. The third kappa shape index (κ3) is 5.37. The summed E-state index contributed by atoms with van der Waals surface area (Å²) in [7, 11) is 0. The molecule has 1 aromatic carbocycles. The first-order valence-electron chi connectivity index (χ1n) is 6.84. The van der Waals surface area contributed by atoms with Gasteiger partial charge in [0, 0.05) is 10.9 Å². The van der Waals surface area contributed by atoms with Crippen LogP contribution in [0.15, 0.2) is 24.3 Å². The zero-order valence-electron chi connectivity index (χ0n) is 12.6. The highest BCUT2D eigenvalue weighted by molar-refractivity contribution is 7.92. The number of hydrogen-bond acceptors (Lipinski definition) is 1. The second kappa shape index (κ2) is 7.01. The molecule has 108 valence electrons. The molecule has 0 aromatic heterocycles. The Morgan fingerprint density at radius 3 is 2.26 bits per heavy atom. The van der Waals surface area contributed by atoms with Crippen molar-refractivity contribution in [3.05, 3.63) is 34.9 Å². The highest BCUT2D eigenvalue weighted by Crippen LogP contribution is 2.33. The maximum Gasteiger partial charge on any atom is 0.117 e. The third-order valence-corrected chi connectivity index (χ3v) is 5.55. The van der Waals surface area contributed by atoms with Crippen LogP contribution in [0.1, 0.15) is 52.5 Å². The minimum absolute atomic E-state index is 0.170. The first-order chi connectivity index (χ1) is 8.71. The summed E-state index contributed by atoms with van der Waals surface area (Å²) in [6.07, 6.45) is 1.02. The second-order valence-corrected chi connectivity index (χ2v) is 9.13. The van der Waals surface area contributed by atoms with E-state index in [2.05, 4.69) is 19.9 Å². The molecule has 0 bridgehead atoms. The zero-order valence-corrected chi connectivity index (χ0v) is 14.1. The molecule has 0 N–H and O–H groups in total. The van der Waals surface area contributed by atoms with Gasteiger partial charge in [0.25, 0.3) is 0 Å². The number of halogens is 1. The lowest BCUT2D eigenvalue weighted by Crippen LogP contribution is -2.33. The number of rotatable bonds is 5. The van der Waals surface area contributed by atoms with Crippen LogP contribution < -0.4 is 0 Å². The summed E-state index contributed by atoms with van der Waals surface area (Å²) in [5.41, 5.74) is 1.13. The van der Waals surface area contributed by atoms with Crippen molar-refractivity contribution in [1.29, 1.82) is 0 Å². The van der Waals surface area contributed by atoms with Gasteiger partial charge in [-0.25, -0.2) is 0 Å². The highest BCUT2D eigenvalue weighted by Gasteiger charge is 2.30. The summed E-state index contributed by atoms with van der Waals surface area (Å²) < 4.78 is 12.2. The minimum atomic E-state index is -0.851. The van der Waals surface area contributed by atoms with Crippen LogP contribution in [0.3, 0.4) is 0 Å². The third-order valence-electron chi connectivity index (χ3n) is 3.14. The van der Waals surface area contributed by atoms with E-state index < -0.39 is 11.2 Å². The Bertz CT molecular complexity index is 398. The molecule has 1 rings (SSSR count). The zero-order chi connectivity index (χ0) is 14.6. The SMILES string of the molecule is CC(C)C[C@@H](C[S@+]([O-])C(C)(C)C)c1ccccc1Cl. The molecule has 0 saturated carbocycles. The van der Waals surface area contributed by atoms with Crippen molar-refractivity contribution in [2.24, 2.45) is 5.92 Å². The first kappa shape index (κ1) is 16.9. The predicted molar refractivity (Wildman–Crippen MR) is 86.4 cm³/mol. The van der Waals surface area contributed by atoms with Crippen molar-refractivity contribution >= 4 is 22.8 Å². The molecular weight excluding hydrogens is 276 g/mol. The van der Waals surface area contributed by atoms with Crippen molar-refractivity contribution in [2.75, 3.05) is 5.75 Å². The van der Waals surface area contributed by atoms with E-state index in [1.165, 1.54) is 0 Å². The van der Waals surface area contributed by atoms with Gasteiger partial charge in [-0.2, -0.15) is 0 Å². The van der Waals surface area contributed by atoms with Crippen LogP contribution in [0, 0.1) is 5.92 Å². The number of benzene rings is 1. The molecule has 2 atom stereocenters. The summed E-state index contributed by atoms with van der Waals surface area (Å²) >= 11 is 5.45. The van der Waals surface area contributed by atoms with Gasteiger partial charge in [-0.05, 0) is 55.9 Å². The normalized spacial score (nSPS) is 15.6. The second-order valence-electron chi connectivity index (χ2n) is 6.47. The van der Waals surface area contributed by atoms with Crippen LogP contribution in [0.25, 0.3) is 0 Å². The molecule has 0 heterocycles. The van der Waals surface area contributed by atoms with E-state index in [1.54, 1.807) is 0 Å². The Morgan fingerprint density at radius 1 is 1.21 bits per heavy atom. The van der Waals surface area contributed by atoms with Crippen LogP contribution in [-0.4, -0.2) is 15.1 Å². The molecule has 0 fully saturated rings. The van der Waals surface area contributed by atoms with Crippen LogP contribution in [0.2, 0.25) is 5.02 Å². The predicted octanol–water partition coefficient (Wildman–Crippen LogP) is 5.02. The van der Waals surface area contributed by atoms with Gasteiger partial charge < -0.3 is 4.55 Å². The quantitative estimate of drug-likeness (QED) is 0.700. The standard InChI is InChI=1S/C16H25ClOS/c1-12(2)10-13(11-19(18)16(3,4)5)14-8-6-7-9-15(14)17/h6-9,12-13H,10-11H2,1-5H3/t13-,19-/m0/s1. The van der Waals surface area contributed by atoms with E-state index in [1.807, 2.05) is 39.0 Å². The van der Waals surface area contributed by atoms with Crippen LogP contribution >= 0.6 is 11.6 Å². The fraction of sp³-hybridized carbons (Fsp3) is 0.625. The molecule has 0 aliphatic rings. The summed E-state index contributed by atoms with van der Waals surface area (Å²) in [5.74, 6) is 1.53. The molecular formula is C16H25ClOS. The van der Waals surface area contributed by atoms with Crippen LogP contribution in [0.5, 0.6) is 0 Å². The lowest BCUT2D eigenvalue weighted by molar-refractivity contribution is 0.506. The van der Waals surface area contributed by atoms with Gasteiger partial charge in [0.05, 0.1) is 0 Å². The molecule has 0 amide bonds. The maximum atomic E-state index is 12.4. The fourth-order valence-electron chi connectivity index (χ4n) is 2.09. The molecule has 0 unspecified atom stereocenters. The molecule has 0 aliphatic heterocycles. The fourth-order valence-corrected chi connectivity index (χ4v) is 3.56. The van der Waals surface area contributed by atoms with Crippen molar-refractivity contribution < 1.29 is 4.55 Å². The van der Waals surface area contributed by atoms with Crippen LogP contribution in [-0.2, 0) is 11.2 Å². The lowest BCUT2D eigenvalue weighted by Gasteiger charge is -2.29. The monoisotopic (exact) mass is 300 g/mol. The lowest BCUT2D eigenvalue weighted by atomic mass is 9.92. The average molecular weight is 301 g/mol. The van der Waals surface area contributed by atoms with Gasteiger partial charge in [-0.1, -0.05) is 43.6 Å². The van der Waals surface area contributed by atoms with Crippen molar-refractivity contribution in [1.82, 2.24) is 0 Å². The van der Waals surface area contributed by atoms with Crippen LogP contribution in [0.4, 0.5) is 0 Å². The van der Waals surface area contributed by atoms with Crippen molar-refractivity contribution in [3.8, 4) is 0 Å². The molecule has 0 spiro atoms.